The molecule has 38 heavy (non-hydrogen) atoms. The summed E-state index contributed by atoms with van der Waals surface area (Å²) in [4.78, 5) is 3.75. The first-order valence-corrected chi connectivity index (χ1v) is 12.9. The van der Waals surface area contributed by atoms with E-state index in [1.165, 1.54) is 18.4 Å². The SMILES string of the molecule is C=C/C(=C\C(=C/N)c1ccc2nccc(-c3cc4ccccc4o3)c2c1)NS(=O)(=O)c1ccc(F)cc1F. The fraction of sp³-hybridized carbons (Fsp3) is 0. The number of nitrogens with one attached hydrogen (secondary N) is 1. The molecule has 0 amide bonds. The molecule has 0 saturated heterocycles. The molecule has 0 fully saturated rings. The van der Waals surface area contributed by atoms with Crippen LogP contribution in [0.4, 0.5) is 8.78 Å². The quantitative estimate of drug-likeness (QED) is 0.242. The Morgan fingerprint density at radius 3 is 2.58 bits per heavy atom. The van der Waals surface area contributed by atoms with Gasteiger partial charge in [-0.2, -0.15) is 0 Å². The third-order valence-electron chi connectivity index (χ3n) is 5.91. The highest BCUT2D eigenvalue weighted by atomic mass is 32.2. The summed E-state index contributed by atoms with van der Waals surface area (Å²) >= 11 is 0. The molecule has 9 heteroatoms. The molecule has 3 aromatic carbocycles. The van der Waals surface area contributed by atoms with Crippen molar-refractivity contribution in [2.24, 2.45) is 5.73 Å². The zero-order valence-electron chi connectivity index (χ0n) is 19.9. The third kappa shape index (κ3) is 4.79. The highest BCUT2D eigenvalue weighted by Crippen LogP contribution is 2.33. The summed E-state index contributed by atoms with van der Waals surface area (Å²) in [6.45, 7) is 3.64. The Hall–Kier alpha value is -4.76. The van der Waals surface area contributed by atoms with Gasteiger partial charge in [-0.1, -0.05) is 30.8 Å². The van der Waals surface area contributed by atoms with Gasteiger partial charge >= 0.3 is 0 Å². The highest BCUT2D eigenvalue weighted by molar-refractivity contribution is 7.89. The number of para-hydroxylation sites is 1. The van der Waals surface area contributed by atoms with E-state index in [0.717, 1.165) is 39.6 Å². The van der Waals surface area contributed by atoms with Crippen LogP contribution >= 0.6 is 0 Å². The Labute approximate surface area is 217 Å². The molecule has 5 aromatic rings. The maximum absolute atomic E-state index is 14.1. The summed E-state index contributed by atoms with van der Waals surface area (Å²) in [6.07, 6.45) is 5.73. The molecule has 2 aromatic heterocycles. The van der Waals surface area contributed by atoms with Crippen LogP contribution in [0.5, 0.6) is 0 Å². The summed E-state index contributed by atoms with van der Waals surface area (Å²) in [7, 11) is -4.37. The fourth-order valence-electron chi connectivity index (χ4n) is 4.08. The van der Waals surface area contributed by atoms with Gasteiger partial charge < -0.3 is 10.2 Å². The minimum Gasteiger partial charge on any atom is -0.456 e. The minimum absolute atomic E-state index is 0.0363. The second kappa shape index (κ2) is 9.95. The van der Waals surface area contributed by atoms with Crippen molar-refractivity contribution in [3.05, 3.63) is 127 Å². The molecule has 2 heterocycles. The Morgan fingerprint density at radius 1 is 1.03 bits per heavy atom. The van der Waals surface area contributed by atoms with E-state index in [4.69, 9.17) is 10.2 Å². The van der Waals surface area contributed by atoms with Gasteiger partial charge in [-0.3, -0.25) is 9.71 Å². The van der Waals surface area contributed by atoms with E-state index in [-0.39, 0.29) is 5.70 Å². The summed E-state index contributed by atoms with van der Waals surface area (Å²) in [5, 5.41) is 1.76. The first kappa shape index (κ1) is 24.9. The predicted octanol–water partition coefficient (Wildman–Crippen LogP) is 6.27. The number of hydrogen-bond donors (Lipinski definition) is 2. The summed E-state index contributed by atoms with van der Waals surface area (Å²) in [6, 6.07) is 19.2. The number of pyridine rings is 1. The van der Waals surface area contributed by atoms with Gasteiger partial charge in [-0.15, -0.1) is 0 Å². The molecule has 0 aliphatic rings. The molecule has 0 atom stereocenters. The average molecular weight is 530 g/mol. The molecular formula is C29H21F2N3O3S. The maximum atomic E-state index is 14.1. The Bertz CT molecular complexity index is 1840. The van der Waals surface area contributed by atoms with Crippen molar-refractivity contribution in [2.45, 2.75) is 4.90 Å². The van der Waals surface area contributed by atoms with Gasteiger partial charge in [-0.05, 0) is 65.8 Å². The smallest absolute Gasteiger partial charge is 0.264 e. The van der Waals surface area contributed by atoms with Crippen LogP contribution in [-0.4, -0.2) is 13.4 Å². The molecule has 190 valence electrons. The van der Waals surface area contributed by atoms with Crippen LogP contribution in [0.25, 0.3) is 38.8 Å². The molecule has 0 bridgehead atoms. The van der Waals surface area contributed by atoms with Crippen LogP contribution in [0.3, 0.4) is 0 Å². The first-order chi connectivity index (χ1) is 18.3. The van der Waals surface area contributed by atoms with Crippen molar-refractivity contribution in [1.82, 2.24) is 9.71 Å². The number of halogens is 2. The van der Waals surface area contributed by atoms with Gasteiger partial charge in [0, 0.05) is 40.5 Å². The number of aromatic nitrogens is 1. The molecule has 0 spiro atoms. The lowest BCUT2D eigenvalue weighted by Crippen LogP contribution is -2.23. The molecule has 3 N–H and O–H groups in total. The van der Waals surface area contributed by atoms with Gasteiger partial charge in [0.15, 0.2) is 0 Å². The van der Waals surface area contributed by atoms with E-state index < -0.39 is 26.6 Å². The van der Waals surface area contributed by atoms with E-state index in [9.17, 15) is 17.2 Å². The van der Waals surface area contributed by atoms with Crippen molar-refractivity contribution in [3.63, 3.8) is 0 Å². The lowest BCUT2D eigenvalue weighted by Gasteiger charge is -2.12. The van der Waals surface area contributed by atoms with Crippen molar-refractivity contribution >= 4 is 37.5 Å². The largest absolute Gasteiger partial charge is 0.456 e. The number of fused-ring (bicyclic) bond motifs is 2. The Balaban J connectivity index is 1.53. The second-order valence-electron chi connectivity index (χ2n) is 8.34. The molecule has 0 aliphatic heterocycles. The average Bonchev–Trinajstić information content (AvgIpc) is 3.34. The molecule has 6 nitrogen and oxygen atoms in total. The molecule has 5 rings (SSSR count). The van der Waals surface area contributed by atoms with E-state index in [0.29, 0.717) is 23.0 Å². The summed E-state index contributed by atoms with van der Waals surface area (Å²) in [5.74, 6) is -1.43. The van der Waals surface area contributed by atoms with E-state index >= 15 is 0 Å². The minimum atomic E-state index is -4.37. The number of benzene rings is 3. The number of nitrogens with two attached hydrogens (primary N) is 1. The van der Waals surface area contributed by atoms with Crippen molar-refractivity contribution in [3.8, 4) is 11.3 Å². The van der Waals surface area contributed by atoms with Gasteiger partial charge in [0.1, 0.15) is 27.9 Å². The van der Waals surface area contributed by atoms with Crippen LogP contribution < -0.4 is 10.5 Å². The van der Waals surface area contributed by atoms with Crippen LogP contribution in [0.15, 0.2) is 119 Å². The van der Waals surface area contributed by atoms with Gasteiger partial charge in [0.2, 0.25) is 0 Å². The van der Waals surface area contributed by atoms with E-state index in [1.54, 1.807) is 12.3 Å². The number of hydrogen-bond acceptors (Lipinski definition) is 5. The standard InChI is InChI=1S/C29H21F2N3O3S/c1-2-22(34-38(35,36)29-10-8-21(30)16-25(29)31)13-20(17-32)18-7-9-26-24(14-18)23(11-12-33-26)28-15-19-5-3-4-6-27(19)37-28/h2-17,34H,1,32H2/b20-17+,22-13+. The lowest BCUT2D eigenvalue weighted by molar-refractivity contribution is 0.546. The van der Waals surface area contributed by atoms with Crippen molar-refractivity contribution < 1.29 is 21.6 Å². The normalized spacial score (nSPS) is 12.7. The lowest BCUT2D eigenvalue weighted by atomic mass is 9.99. The maximum Gasteiger partial charge on any atom is 0.264 e. The predicted molar refractivity (Wildman–Crippen MR) is 144 cm³/mol. The summed E-state index contributed by atoms with van der Waals surface area (Å²) in [5.41, 5.74) is 9.38. The zero-order chi connectivity index (χ0) is 26.9. The van der Waals surface area contributed by atoms with Crippen LogP contribution in [0.1, 0.15) is 5.56 Å². The topological polar surface area (TPSA) is 98.2 Å². The number of nitrogens with zero attached hydrogens (tertiary/aromatic N) is 1. The zero-order valence-corrected chi connectivity index (χ0v) is 20.7. The molecular weight excluding hydrogens is 508 g/mol. The Kier molecular flexibility index (Phi) is 6.52. The Morgan fingerprint density at radius 2 is 1.84 bits per heavy atom. The van der Waals surface area contributed by atoms with Gasteiger partial charge in [0.05, 0.1) is 5.52 Å². The highest BCUT2D eigenvalue weighted by Gasteiger charge is 2.20. The van der Waals surface area contributed by atoms with Crippen molar-refractivity contribution in [1.29, 1.82) is 0 Å². The van der Waals surface area contributed by atoms with E-state index in [2.05, 4.69) is 16.3 Å². The van der Waals surface area contributed by atoms with E-state index in [1.807, 2.05) is 48.5 Å². The number of allylic oxidation sites excluding steroid dienone is 3. The van der Waals surface area contributed by atoms with Crippen LogP contribution in [0.2, 0.25) is 0 Å². The first-order valence-electron chi connectivity index (χ1n) is 11.4. The van der Waals surface area contributed by atoms with Gasteiger partial charge in [-0.25, -0.2) is 17.2 Å². The van der Waals surface area contributed by atoms with Crippen LogP contribution in [-0.2, 0) is 10.0 Å². The monoisotopic (exact) mass is 529 g/mol. The number of sulfonamides is 1. The second-order valence-corrected chi connectivity index (χ2v) is 10.00. The van der Waals surface area contributed by atoms with Crippen molar-refractivity contribution in [2.75, 3.05) is 0 Å². The van der Waals surface area contributed by atoms with Crippen LogP contribution in [0, 0.1) is 11.6 Å². The summed E-state index contributed by atoms with van der Waals surface area (Å²) < 4.78 is 61.2. The number of furan rings is 1. The fourth-order valence-corrected chi connectivity index (χ4v) is 5.21. The molecule has 0 aliphatic carbocycles. The number of rotatable bonds is 7. The third-order valence-corrected chi connectivity index (χ3v) is 7.33. The van der Waals surface area contributed by atoms with Gasteiger partial charge in [0.25, 0.3) is 10.0 Å². The molecule has 0 radical (unpaired) electrons. The molecule has 0 unspecified atom stereocenters. The molecule has 0 saturated carbocycles.